The van der Waals surface area contributed by atoms with Gasteiger partial charge in [0.25, 0.3) is 0 Å². The Hall–Kier alpha value is 0.260. The summed E-state index contributed by atoms with van der Waals surface area (Å²) < 4.78 is 6.42. The second kappa shape index (κ2) is 5.64. The Morgan fingerprint density at radius 1 is 1.20 bits per heavy atom. The lowest BCUT2D eigenvalue weighted by Gasteiger charge is -2.50. The summed E-state index contributed by atoms with van der Waals surface area (Å²) in [5.74, 6) is 3.12. The normalized spacial score (nSPS) is 53.6. The predicted octanol–water partition coefficient (Wildman–Crippen LogP) is 5.35. The molecule has 4 aliphatic rings. The summed E-state index contributed by atoms with van der Waals surface area (Å²) in [6, 6.07) is 0. The van der Waals surface area contributed by atoms with E-state index in [1.807, 2.05) is 6.92 Å². The van der Waals surface area contributed by atoms with E-state index in [2.05, 4.69) is 55.7 Å². The van der Waals surface area contributed by atoms with Crippen molar-refractivity contribution in [2.45, 2.75) is 66.1 Å². The lowest BCUT2D eigenvalue weighted by atomic mass is 9.56. The molecule has 4 heteroatoms. The van der Waals surface area contributed by atoms with E-state index in [1.165, 1.54) is 17.6 Å². The van der Waals surface area contributed by atoms with Gasteiger partial charge in [0.2, 0.25) is 0 Å². The second-order valence-corrected chi connectivity index (χ2v) is 11.4. The highest BCUT2D eigenvalue weighted by Crippen LogP contribution is 2.75. The number of fused-ring (bicyclic) bond motifs is 5. The minimum atomic E-state index is -0.694. The van der Waals surface area contributed by atoms with Crippen LogP contribution in [0.25, 0.3) is 0 Å². The van der Waals surface area contributed by atoms with Gasteiger partial charge in [-0.15, -0.1) is 0 Å². The maximum atomic E-state index is 10.8. The molecule has 4 aliphatic carbocycles. The van der Waals surface area contributed by atoms with Gasteiger partial charge < -0.3 is 9.63 Å². The van der Waals surface area contributed by atoms with Crippen molar-refractivity contribution in [3.63, 3.8) is 0 Å². The van der Waals surface area contributed by atoms with Crippen LogP contribution >= 0.6 is 17.4 Å². The third kappa shape index (κ3) is 2.51. The molecule has 10 atom stereocenters. The van der Waals surface area contributed by atoms with Gasteiger partial charge in [-0.3, -0.25) is 0 Å². The Bertz CT molecular complexity index is 650. The van der Waals surface area contributed by atoms with Gasteiger partial charge in [0.15, 0.2) is 0 Å². The lowest BCUT2D eigenvalue weighted by molar-refractivity contribution is -0.0155. The van der Waals surface area contributed by atoms with E-state index in [1.54, 1.807) is 0 Å². The largest absolute Gasteiger partial charge is 0.386 e. The molecule has 140 valence electrons. The standard InChI is InChI=1S/C21H34O2P2/c1-11-7-13-9-20(5,22)10-15(13)21(6)12(2)8-14-16(19(14,3)4)17(21)18(11)23-25-24/h7,10-12,14,16-18,22,25H,8-9,24H2,1-6H3/t11-,12-,14-,16-,17-,18-,20+,21-/m1/s1. The van der Waals surface area contributed by atoms with E-state index in [0.29, 0.717) is 31.7 Å². The smallest absolute Gasteiger partial charge is 0.0845 e. The average molecular weight is 380 g/mol. The van der Waals surface area contributed by atoms with Crippen LogP contribution in [0.3, 0.4) is 0 Å². The molecule has 0 bridgehead atoms. The summed E-state index contributed by atoms with van der Waals surface area (Å²) in [4.78, 5) is 0. The zero-order valence-electron chi connectivity index (χ0n) is 16.5. The molecule has 0 amide bonds. The molecule has 0 radical (unpaired) electrons. The van der Waals surface area contributed by atoms with E-state index in [0.717, 1.165) is 18.3 Å². The first kappa shape index (κ1) is 18.6. The van der Waals surface area contributed by atoms with Crippen molar-refractivity contribution in [1.82, 2.24) is 0 Å². The summed E-state index contributed by atoms with van der Waals surface area (Å²) >= 11 is 0. The second-order valence-electron chi connectivity index (χ2n) is 10.2. The zero-order chi connectivity index (χ0) is 18.4. The number of aliphatic hydroxyl groups is 1. The first-order valence-electron chi connectivity index (χ1n) is 9.82. The summed E-state index contributed by atoms with van der Waals surface area (Å²) in [6.45, 7) is 14.1. The Morgan fingerprint density at radius 2 is 1.88 bits per heavy atom. The molecule has 0 aliphatic heterocycles. The van der Waals surface area contributed by atoms with Crippen molar-refractivity contribution >= 4 is 17.4 Å². The lowest BCUT2D eigenvalue weighted by Crippen LogP contribution is -2.47. The molecule has 0 aromatic carbocycles. The van der Waals surface area contributed by atoms with Crippen molar-refractivity contribution in [2.24, 2.45) is 40.4 Å². The van der Waals surface area contributed by atoms with Crippen LogP contribution < -0.4 is 0 Å². The minimum absolute atomic E-state index is 0.0982. The molecule has 4 rings (SSSR count). The Morgan fingerprint density at radius 3 is 2.52 bits per heavy atom. The quantitative estimate of drug-likeness (QED) is 0.655. The third-order valence-corrected chi connectivity index (χ3v) is 9.14. The van der Waals surface area contributed by atoms with Crippen LogP contribution in [0.4, 0.5) is 0 Å². The highest BCUT2D eigenvalue weighted by molar-refractivity contribution is 8.00. The molecule has 1 N–H and O–H groups in total. The molecule has 0 aromatic rings. The molecule has 2 unspecified atom stereocenters. The first-order valence-corrected chi connectivity index (χ1v) is 12.5. The SMILES string of the molecule is C[C@@H]1C=C2C[C@](C)(O)C=C2[C@]2(C)[C@@H]([C@@H]1OPP)[C@H]1[C@@H](C[C@H]2C)C1(C)C. The van der Waals surface area contributed by atoms with Crippen molar-refractivity contribution in [2.75, 3.05) is 0 Å². The Balaban J connectivity index is 1.89. The molecule has 0 aromatic heterocycles. The van der Waals surface area contributed by atoms with Gasteiger partial charge >= 0.3 is 0 Å². The molecule has 2 nitrogen and oxygen atoms in total. The number of rotatable bonds is 2. The van der Waals surface area contributed by atoms with E-state index < -0.39 is 5.60 Å². The van der Waals surface area contributed by atoms with Crippen LogP contribution in [-0.2, 0) is 4.52 Å². The van der Waals surface area contributed by atoms with Gasteiger partial charge in [0, 0.05) is 26.2 Å². The summed E-state index contributed by atoms with van der Waals surface area (Å²) in [6.07, 6.45) is 6.96. The van der Waals surface area contributed by atoms with E-state index in [-0.39, 0.29) is 11.5 Å². The minimum Gasteiger partial charge on any atom is -0.386 e. The molecular formula is C21H34O2P2. The Labute approximate surface area is 157 Å². The van der Waals surface area contributed by atoms with Gasteiger partial charge in [-0.1, -0.05) is 49.6 Å². The molecular weight excluding hydrogens is 346 g/mol. The maximum absolute atomic E-state index is 10.8. The predicted molar refractivity (Wildman–Crippen MR) is 110 cm³/mol. The number of hydrogen-bond donors (Lipinski definition) is 1. The van der Waals surface area contributed by atoms with Gasteiger partial charge in [0.05, 0.1) is 11.7 Å². The topological polar surface area (TPSA) is 29.5 Å². The van der Waals surface area contributed by atoms with Gasteiger partial charge in [-0.25, -0.2) is 0 Å². The molecule has 25 heavy (non-hydrogen) atoms. The highest BCUT2D eigenvalue weighted by atomic mass is 32.0. The Kier molecular flexibility index (Phi) is 4.20. The first-order chi connectivity index (χ1) is 11.5. The molecule has 0 heterocycles. The fourth-order valence-electron chi connectivity index (χ4n) is 6.85. The number of hydrogen-bond acceptors (Lipinski definition) is 2. The van der Waals surface area contributed by atoms with Crippen LogP contribution in [0.5, 0.6) is 0 Å². The van der Waals surface area contributed by atoms with Gasteiger partial charge in [-0.2, -0.15) is 0 Å². The van der Waals surface area contributed by atoms with Gasteiger partial charge in [-0.05, 0) is 59.7 Å². The molecule has 0 spiro atoms. The van der Waals surface area contributed by atoms with Gasteiger partial charge in [0.1, 0.15) is 0 Å². The summed E-state index contributed by atoms with van der Waals surface area (Å²) in [5, 5.41) is 10.8. The third-order valence-electron chi connectivity index (χ3n) is 8.32. The number of allylic oxidation sites excluding steroid dienone is 1. The average Bonchev–Trinajstić information content (AvgIpc) is 2.89. The molecule has 2 saturated carbocycles. The molecule has 0 saturated heterocycles. The van der Waals surface area contributed by atoms with Crippen LogP contribution in [0.2, 0.25) is 0 Å². The monoisotopic (exact) mass is 380 g/mol. The van der Waals surface area contributed by atoms with Crippen LogP contribution in [0.15, 0.2) is 23.3 Å². The van der Waals surface area contributed by atoms with E-state index in [9.17, 15) is 5.11 Å². The van der Waals surface area contributed by atoms with Crippen molar-refractivity contribution < 1.29 is 9.63 Å². The van der Waals surface area contributed by atoms with Crippen molar-refractivity contribution in [1.29, 1.82) is 0 Å². The van der Waals surface area contributed by atoms with Crippen molar-refractivity contribution in [3.05, 3.63) is 23.3 Å². The van der Waals surface area contributed by atoms with Crippen molar-refractivity contribution in [3.8, 4) is 0 Å². The zero-order valence-corrected chi connectivity index (χ0v) is 18.6. The van der Waals surface area contributed by atoms with Crippen LogP contribution in [-0.4, -0.2) is 16.8 Å². The highest BCUT2D eigenvalue weighted by Gasteiger charge is 2.71. The maximum Gasteiger partial charge on any atom is 0.0845 e. The van der Waals surface area contributed by atoms with Crippen LogP contribution in [0.1, 0.15) is 54.4 Å². The fourth-order valence-corrected chi connectivity index (χ4v) is 7.84. The van der Waals surface area contributed by atoms with E-state index in [4.69, 9.17) is 4.52 Å². The fraction of sp³-hybridized carbons (Fsp3) is 0.810. The van der Waals surface area contributed by atoms with Crippen LogP contribution in [0, 0.1) is 40.4 Å². The summed E-state index contributed by atoms with van der Waals surface area (Å²) in [7, 11) is 3.24. The molecule has 2 fully saturated rings. The van der Waals surface area contributed by atoms with E-state index >= 15 is 0 Å². The summed E-state index contributed by atoms with van der Waals surface area (Å²) in [5.41, 5.74) is 2.64.